The molecule has 2 nitrogen and oxygen atoms in total. The number of benzene rings is 2. The van der Waals surface area contributed by atoms with E-state index in [0.717, 1.165) is 35.5 Å². The molecule has 4 saturated carbocycles. The Morgan fingerprint density at radius 1 is 0.472 bits per heavy atom. The van der Waals surface area contributed by atoms with Crippen molar-refractivity contribution in [3.63, 3.8) is 0 Å². The largest absolute Gasteiger partial charge is 0.381 e. The van der Waals surface area contributed by atoms with Crippen molar-refractivity contribution in [2.24, 2.45) is 70.0 Å². The summed E-state index contributed by atoms with van der Waals surface area (Å²) < 4.78 is 13.3. The molecule has 14 atom stereocenters. The highest BCUT2D eigenvalue weighted by atomic mass is 16.5. The van der Waals surface area contributed by atoms with Gasteiger partial charge in [0.25, 0.3) is 0 Å². The molecule has 4 aliphatic rings. The van der Waals surface area contributed by atoms with Gasteiger partial charge in [0.2, 0.25) is 0 Å². The first kappa shape index (κ1) is 41.0. The Morgan fingerprint density at radius 3 is 1.06 bits per heavy atom. The molecule has 2 aromatic rings. The van der Waals surface area contributed by atoms with Gasteiger partial charge in [-0.05, 0) is 135 Å². The van der Waals surface area contributed by atoms with Crippen LogP contribution in [0.4, 0.5) is 0 Å². The number of hydrogen-bond acceptors (Lipinski definition) is 2. The first-order valence-corrected chi connectivity index (χ1v) is 21.8. The third-order valence-electron chi connectivity index (χ3n) is 16.1. The smallest absolute Gasteiger partial charge is 0.0675 e. The van der Waals surface area contributed by atoms with Crippen LogP contribution in [0, 0.1) is 70.0 Å². The SMILES string of the molecule is COC1C(c2ccc(C(C)(C)C)cc2)C2CC(C)C(CC3C(C)CC4C3CC(C(C)(C)C)C(OC)C4c3ccc(C(C)(C)C)cc3)C2CC1C(C)(C)C. The summed E-state index contributed by atoms with van der Waals surface area (Å²) in [6.45, 7) is 34.2. The minimum atomic E-state index is 0.161. The van der Waals surface area contributed by atoms with Gasteiger partial charge in [-0.15, -0.1) is 0 Å². The first-order chi connectivity index (χ1) is 24.6. The zero-order valence-electron chi connectivity index (χ0n) is 37.1. The van der Waals surface area contributed by atoms with Crippen LogP contribution in [0.3, 0.4) is 0 Å². The van der Waals surface area contributed by atoms with Crippen LogP contribution < -0.4 is 0 Å². The Hall–Kier alpha value is -1.64. The van der Waals surface area contributed by atoms with Gasteiger partial charge in [-0.25, -0.2) is 0 Å². The van der Waals surface area contributed by atoms with E-state index in [9.17, 15) is 0 Å². The molecule has 2 aromatic carbocycles. The molecule has 0 amide bonds. The molecule has 4 fully saturated rings. The highest BCUT2D eigenvalue weighted by molar-refractivity contribution is 5.34. The molecule has 14 unspecified atom stereocenters. The fraction of sp³-hybridized carbons (Fsp3) is 0.765. The maximum atomic E-state index is 6.63. The summed E-state index contributed by atoms with van der Waals surface area (Å²) in [5.41, 5.74) is 6.61. The Labute approximate surface area is 327 Å². The van der Waals surface area contributed by atoms with E-state index in [4.69, 9.17) is 9.47 Å². The van der Waals surface area contributed by atoms with Crippen molar-refractivity contribution in [1.82, 2.24) is 0 Å². The molecule has 2 heteroatoms. The minimum Gasteiger partial charge on any atom is -0.381 e. The quantitative estimate of drug-likeness (QED) is 0.295. The monoisotopic (exact) mass is 725 g/mol. The second kappa shape index (κ2) is 14.7. The lowest BCUT2D eigenvalue weighted by molar-refractivity contribution is -0.0816. The van der Waals surface area contributed by atoms with E-state index in [1.165, 1.54) is 54.4 Å². The molecular weight excluding hydrogens is 645 g/mol. The predicted octanol–water partition coefficient (Wildman–Crippen LogP) is 13.5. The zero-order valence-corrected chi connectivity index (χ0v) is 37.1. The number of hydrogen-bond donors (Lipinski definition) is 0. The van der Waals surface area contributed by atoms with Crippen LogP contribution in [0.5, 0.6) is 0 Å². The standard InChI is InChI=1S/C51H80O2/c1-30-25-40-38(28-42(50(9,10)11)46(52-15)44(40)32-17-21-34(22-18-32)48(3,4)5)36(30)27-37-31(2)26-41-39(37)29-43(51(12,13)14)47(53-16)45(41)33-19-23-35(24-20-33)49(6,7)8/h17-24,30-31,36-47H,25-29H2,1-16H3. The second-order valence-corrected chi connectivity index (χ2v) is 23.3. The fourth-order valence-electron chi connectivity index (χ4n) is 13.1. The van der Waals surface area contributed by atoms with Crippen LogP contribution in [0.25, 0.3) is 0 Å². The summed E-state index contributed by atoms with van der Waals surface area (Å²) in [4.78, 5) is 0. The summed E-state index contributed by atoms with van der Waals surface area (Å²) in [6.07, 6.45) is 7.23. The third-order valence-corrected chi connectivity index (χ3v) is 16.1. The fourth-order valence-corrected chi connectivity index (χ4v) is 13.1. The molecule has 0 aliphatic heterocycles. The molecule has 296 valence electrons. The highest BCUT2D eigenvalue weighted by Crippen LogP contribution is 2.64. The van der Waals surface area contributed by atoms with Crippen molar-refractivity contribution in [2.75, 3.05) is 14.2 Å². The summed E-state index contributed by atoms with van der Waals surface area (Å²) in [5, 5.41) is 0. The Bertz CT molecular complexity index is 1390. The lowest BCUT2D eigenvalue weighted by Gasteiger charge is -2.51. The zero-order chi connectivity index (χ0) is 39.0. The maximum absolute atomic E-state index is 6.63. The molecule has 0 bridgehead atoms. The van der Waals surface area contributed by atoms with Gasteiger partial charge in [-0.2, -0.15) is 0 Å². The molecule has 4 aliphatic carbocycles. The number of methoxy groups -OCH3 is 2. The van der Waals surface area contributed by atoms with E-state index in [0.29, 0.717) is 35.5 Å². The Balaban J connectivity index is 1.34. The van der Waals surface area contributed by atoms with E-state index >= 15 is 0 Å². The van der Waals surface area contributed by atoms with E-state index in [1.54, 1.807) is 0 Å². The van der Waals surface area contributed by atoms with Gasteiger partial charge in [-0.1, -0.05) is 145 Å². The van der Waals surface area contributed by atoms with Crippen molar-refractivity contribution < 1.29 is 9.47 Å². The first-order valence-electron chi connectivity index (χ1n) is 21.8. The van der Waals surface area contributed by atoms with Gasteiger partial charge in [0, 0.05) is 26.1 Å². The van der Waals surface area contributed by atoms with Gasteiger partial charge >= 0.3 is 0 Å². The summed E-state index contributed by atoms with van der Waals surface area (Å²) >= 11 is 0. The van der Waals surface area contributed by atoms with Crippen LogP contribution in [-0.4, -0.2) is 26.4 Å². The van der Waals surface area contributed by atoms with Crippen LogP contribution in [0.2, 0.25) is 0 Å². The van der Waals surface area contributed by atoms with Gasteiger partial charge in [0.15, 0.2) is 0 Å². The van der Waals surface area contributed by atoms with Crippen LogP contribution in [-0.2, 0) is 20.3 Å². The Kier molecular flexibility index (Phi) is 11.4. The van der Waals surface area contributed by atoms with E-state index in [-0.39, 0.29) is 33.9 Å². The van der Waals surface area contributed by atoms with Gasteiger partial charge in [-0.3, -0.25) is 0 Å². The van der Waals surface area contributed by atoms with Crippen molar-refractivity contribution in [2.45, 2.75) is 164 Å². The number of ether oxygens (including phenoxy) is 2. The van der Waals surface area contributed by atoms with E-state index in [1.807, 2.05) is 14.2 Å². The molecule has 0 saturated heterocycles. The molecule has 6 rings (SSSR count). The lowest BCUT2D eigenvalue weighted by atomic mass is 9.56. The second-order valence-electron chi connectivity index (χ2n) is 23.3. The Morgan fingerprint density at radius 2 is 0.792 bits per heavy atom. The molecule has 53 heavy (non-hydrogen) atoms. The molecule has 0 aromatic heterocycles. The minimum absolute atomic E-state index is 0.161. The van der Waals surface area contributed by atoms with Gasteiger partial charge in [0.1, 0.15) is 0 Å². The van der Waals surface area contributed by atoms with E-state index < -0.39 is 0 Å². The predicted molar refractivity (Wildman–Crippen MR) is 226 cm³/mol. The maximum Gasteiger partial charge on any atom is 0.0675 e. The lowest BCUT2D eigenvalue weighted by Crippen LogP contribution is -2.48. The van der Waals surface area contributed by atoms with Gasteiger partial charge in [0.05, 0.1) is 12.2 Å². The van der Waals surface area contributed by atoms with E-state index in [2.05, 4.69) is 145 Å². The average molecular weight is 725 g/mol. The summed E-state index contributed by atoms with van der Waals surface area (Å²) in [5.74, 6) is 7.96. The topological polar surface area (TPSA) is 18.5 Å². The average Bonchev–Trinajstić information content (AvgIpc) is 3.55. The number of rotatable bonds is 6. The molecule has 0 N–H and O–H groups in total. The third kappa shape index (κ3) is 7.87. The van der Waals surface area contributed by atoms with Crippen molar-refractivity contribution >= 4 is 0 Å². The molecular formula is C51H80O2. The van der Waals surface area contributed by atoms with Crippen LogP contribution in [0.15, 0.2) is 48.5 Å². The van der Waals surface area contributed by atoms with Crippen molar-refractivity contribution in [1.29, 1.82) is 0 Å². The highest BCUT2D eigenvalue weighted by Gasteiger charge is 2.59. The van der Waals surface area contributed by atoms with Crippen LogP contribution >= 0.6 is 0 Å². The van der Waals surface area contributed by atoms with Crippen molar-refractivity contribution in [3.05, 3.63) is 70.8 Å². The van der Waals surface area contributed by atoms with Crippen LogP contribution in [0.1, 0.15) is 163 Å². The molecule has 0 heterocycles. The van der Waals surface area contributed by atoms with Crippen molar-refractivity contribution in [3.8, 4) is 0 Å². The molecule has 0 spiro atoms. The summed E-state index contributed by atoms with van der Waals surface area (Å²) in [6, 6.07) is 19.6. The van der Waals surface area contributed by atoms with Gasteiger partial charge < -0.3 is 9.47 Å². The normalized spacial score (nSPS) is 38.1. The molecule has 0 radical (unpaired) electrons. The number of fused-ring (bicyclic) bond motifs is 2. The summed E-state index contributed by atoms with van der Waals surface area (Å²) in [7, 11) is 4.01.